The van der Waals surface area contributed by atoms with Crippen LogP contribution in [0.4, 0.5) is 4.39 Å². The normalized spacial score (nSPS) is 11.7. The van der Waals surface area contributed by atoms with Gasteiger partial charge in [0.05, 0.1) is 12.3 Å². The highest BCUT2D eigenvalue weighted by Crippen LogP contribution is 2.03. The number of hydrogen-bond acceptors (Lipinski definition) is 3. The van der Waals surface area contributed by atoms with Crippen LogP contribution < -0.4 is 15.4 Å². The Morgan fingerprint density at radius 1 is 1.12 bits per heavy atom. The van der Waals surface area contributed by atoms with Crippen molar-refractivity contribution in [1.29, 1.82) is 0 Å². The van der Waals surface area contributed by atoms with E-state index in [1.807, 2.05) is 6.92 Å². The molecule has 0 aliphatic heterocycles. The van der Waals surface area contributed by atoms with Gasteiger partial charge in [-0.2, -0.15) is 0 Å². The molecule has 6 nitrogen and oxygen atoms in total. The summed E-state index contributed by atoms with van der Waals surface area (Å²) >= 11 is 0. The van der Waals surface area contributed by atoms with Gasteiger partial charge < -0.3 is 10.6 Å². The van der Waals surface area contributed by atoms with E-state index < -0.39 is 10.0 Å². The number of nitrogens with one attached hydrogen (secondary N) is 3. The lowest BCUT2D eigenvalue weighted by atomic mass is 10.2. The second-order valence-corrected chi connectivity index (χ2v) is 7.00. The lowest BCUT2D eigenvalue weighted by molar-refractivity contribution is 0.579. The van der Waals surface area contributed by atoms with Crippen LogP contribution in [0.25, 0.3) is 0 Å². The summed E-state index contributed by atoms with van der Waals surface area (Å²) in [6.45, 7) is 5.72. The molecule has 9 heteroatoms. The van der Waals surface area contributed by atoms with Crippen LogP contribution in [0.15, 0.2) is 29.3 Å². The number of hydrogen-bond donors (Lipinski definition) is 3. The fourth-order valence-corrected chi connectivity index (χ4v) is 2.39. The maximum atomic E-state index is 12.8. The van der Waals surface area contributed by atoms with Crippen LogP contribution in [0.5, 0.6) is 0 Å². The maximum absolute atomic E-state index is 12.8. The van der Waals surface area contributed by atoms with Crippen LogP contribution in [-0.2, 0) is 16.6 Å². The van der Waals surface area contributed by atoms with Crippen molar-refractivity contribution in [2.45, 2.75) is 26.8 Å². The topological polar surface area (TPSA) is 82.6 Å². The van der Waals surface area contributed by atoms with Crippen LogP contribution >= 0.6 is 24.0 Å². The van der Waals surface area contributed by atoms with Crippen molar-refractivity contribution >= 4 is 40.0 Å². The van der Waals surface area contributed by atoms with Crippen LogP contribution in [0.2, 0.25) is 0 Å². The molecule has 0 aliphatic carbocycles. The minimum Gasteiger partial charge on any atom is -0.357 e. The Balaban J connectivity index is 0.00000529. The van der Waals surface area contributed by atoms with Gasteiger partial charge in [-0.3, -0.25) is 0 Å². The summed E-state index contributed by atoms with van der Waals surface area (Å²) in [5, 5.41) is 6.25. The van der Waals surface area contributed by atoms with Gasteiger partial charge >= 0.3 is 0 Å². The highest BCUT2D eigenvalue weighted by atomic mass is 127. The molecule has 0 saturated carbocycles. The van der Waals surface area contributed by atoms with Gasteiger partial charge in [0.2, 0.25) is 10.0 Å². The van der Waals surface area contributed by atoms with Crippen molar-refractivity contribution < 1.29 is 12.8 Å². The molecule has 1 aromatic rings. The minimum absolute atomic E-state index is 0. The molecule has 0 aliphatic rings. The predicted octanol–water partition coefficient (Wildman–Crippen LogP) is 1.83. The quantitative estimate of drug-likeness (QED) is 0.222. The van der Waals surface area contributed by atoms with Gasteiger partial charge in [-0.15, -0.1) is 24.0 Å². The molecule has 138 valence electrons. The van der Waals surface area contributed by atoms with E-state index in [4.69, 9.17) is 0 Å². The van der Waals surface area contributed by atoms with E-state index in [1.165, 1.54) is 12.1 Å². The van der Waals surface area contributed by atoms with E-state index in [1.54, 1.807) is 19.1 Å². The van der Waals surface area contributed by atoms with Crippen molar-refractivity contribution in [1.82, 2.24) is 15.4 Å². The zero-order valence-electron chi connectivity index (χ0n) is 14.0. The molecule has 0 unspecified atom stereocenters. The molecule has 1 aromatic carbocycles. The molecule has 0 spiro atoms. The fourth-order valence-electron chi connectivity index (χ4n) is 1.73. The Hall–Kier alpha value is -0.940. The third-order valence-electron chi connectivity index (χ3n) is 3.03. The second kappa shape index (κ2) is 12.4. The third kappa shape index (κ3) is 10.0. The van der Waals surface area contributed by atoms with E-state index in [9.17, 15) is 12.8 Å². The van der Waals surface area contributed by atoms with Crippen LogP contribution in [0.3, 0.4) is 0 Å². The first-order chi connectivity index (χ1) is 11.0. The Kier molecular flexibility index (Phi) is 11.9. The summed E-state index contributed by atoms with van der Waals surface area (Å²) in [5.41, 5.74) is 0.916. The maximum Gasteiger partial charge on any atom is 0.211 e. The summed E-state index contributed by atoms with van der Waals surface area (Å²) in [5.74, 6) is 0.467. The molecule has 0 fully saturated rings. The summed E-state index contributed by atoms with van der Waals surface area (Å²) in [6, 6.07) is 6.21. The van der Waals surface area contributed by atoms with Crippen LogP contribution in [0, 0.1) is 5.82 Å². The van der Waals surface area contributed by atoms with Crippen molar-refractivity contribution in [3.8, 4) is 0 Å². The third-order valence-corrected chi connectivity index (χ3v) is 4.43. The first-order valence-electron chi connectivity index (χ1n) is 7.70. The van der Waals surface area contributed by atoms with E-state index in [0.717, 1.165) is 12.1 Å². The molecule has 0 aromatic heterocycles. The van der Waals surface area contributed by atoms with Gasteiger partial charge in [0.15, 0.2) is 5.96 Å². The van der Waals surface area contributed by atoms with E-state index in [-0.39, 0.29) is 35.5 Å². The summed E-state index contributed by atoms with van der Waals surface area (Å²) in [4.78, 5) is 4.41. The standard InChI is InChI=1S/C15H25FN4O2S.HI/c1-3-17-15(18-10-5-11-20-23(21,22)4-2)19-12-13-6-8-14(16)9-7-13;/h6-9,20H,3-5,10-12H2,1-2H3,(H2,17,18,19);1H. The Labute approximate surface area is 160 Å². The smallest absolute Gasteiger partial charge is 0.211 e. The van der Waals surface area contributed by atoms with Gasteiger partial charge in [0, 0.05) is 19.6 Å². The molecule has 3 N–H and O–H groups in total. The fraction of sp³-hybridized carbons (Fsp3) is 0.533. The summed E-state index contributed by atoms with van der Waals surface area (Å²) < 4.78 is 37.9. The van der Waals surface area contributed by atoms with E-state index >= 15 is 0 Å². The van der Waals surface area contributed by atoms with Gasteiger partial charge in [-0.25, -0.2) is 22.5 Å². The first-order valence-corrected chi connectivity index (χ1v) is 9.36. The number of nitrogens with zero attached hydrogens (tertiary/aromatic N) is 1. The SMILES string of the molecule is CCNC(=NCc1ccc(F)cc1)NCCCNS(=O)(=O)CC.I. The van der Waals surface area contributed by atoms with Gasteiger partial charge in [-0.1, -0.05) is 12.1 Å². The van der Waals surface area contributed by atoms with Gasteiger partial charge in [0.25, 0.3) is 0 Å². The molecule has 24 heavy (non-hydrogen) atoms. The Morgan fingerprint density at radius 3 is 2.38 bits per heavy atom. The minimum atomic E-state index is -3.13. The number of sulfonamides is 1. The zero-order chi connectivity index (χ0) is 17.1. The lowest BCUT2D eigenvalue weighted by Crippen LogP contribution is -2.38. The van der Waals surface area contributed by atoms with Crippen molar-refractivity contribution in [3.63, 3.8) is 0 Å². The van der Waals surface area contributed by atoms with Crippen LogP contribution in [-0.4, -0.2) is 39.8 Å². The van der Waals surface area contributed by atoms with Crippen molar-refractivity contribution in [2.75, 3.05) is 25.4 Å². The monoisotopic (exact) mass is 472 g/mol. The zero-order valence-corrected chi connectivity index (χ0v) is 17.2. The molecule has 0 amide bonds. The lowest BCUT2D eigenvalue weighted by Gasteiger charge is -2.11. The second-order valence-electron chi connectivity index (χ2n) is 4.90. The van der Waals surface area contributed by atoms with Crippen molar-refractivity contribution in [3.05, 3.63) is 35.6 Å². The number of rotatable bonds is 9. The Morgan fingerprint density at radius 2 is 1.79 bits per heavy atom. The molecule has 0 saturated heterocycles. The largest absolute Gasteiger partial charge is 0.357 e. The average molecular weight is 472 g/mol. The first kappa shape index (κ1) is 23.1. The summed E-state index contributed by atoms with van der Waals surface area (Å²) in [7, 11) is -3.13. The predicted molar refractivity (Wildman–Crippen MR) is 107 cm³/mol. The molecule has 0 atom stereocenters. The molecule has 0 heterocycles. The van der Waals surface area contributed by atoms with Crippen LogP contribution in [0.1, 0.15) is 25.8 Å². The van der Waals surface area contributed by atoms with Crippen molar-refractivity contribution in [2.24, 2.45) is 4.99 Å². The average Bonchev–Trinajstić information content (AvgIpc) is 2.53. The molecular weight excluding hydrogens is 446 g/mol. The molecule has 1 rings (SSSR count). The molecular formula is C15H26FIN4O2S. The highest BCUT2D eigenvalue weighted by molar-refractivity contribution is 14.0. The van der Waals surface area contributed by atoms with Gasteiger partial charge in [0.1, 0.15) is 5.82 Å². The van der Waals surface area contributed by atoms with E-state index in [2.05, 4.69) is 20.3 Å². The number of benzene rings is 1. The molecule has 0 bridgehead atoms. The van der Waals surface area contributed by atoms with Gasteiger partial charge in [-0.05, 0) is 38.0 Å². The summed E-state index contributed by atoms with van der Waals surface area (Å²) in [6.07, 6.45) is 0.653. The number of halogens is 2. The number of guanidine groups is 1. The van der Waals surface area contributed by atoms with E-state index in [0.29, 0.717) is 32.0 Å². The Bertz CT molecular complexity index is 594. The molecule has 0 radical (unpaired) electrons. The highest BCUT2D eigenvalue weighted by Gasteiger charge is 2.04. The number of aliphatic imine (C=N–C) groups is 1.